The smallest absolute Gasteiger partial charge is 0.331 e. The van der Waals surface area contributed by atoms with Gasteiger partial charge in [0.25, 0.3) is 5.91 Å². The molecule has 1 N–H and O–H groups in total. The Bertz CT molecular complexity index is 656. The molecule has 1 amide bonds. The molecule has 1 aromatic rings. The van der Waals surface area contributed by atoms with Crippen LogP contribution in [-0.4, -0.2) is 38.7 Å². The third kappa shape index (κ3) is 5.79. The first-order chi connectivity index (χ1) is 12.5. The number of amides is 1. The van der Waals surface area contributed by atoms with Gasteiger partial charge in [-0.05, 0) is 43.0 Å². The molecule has 2 rings (SSSR count). The van der Waals surface area contributed by atoms with Gasteiger partial charge in [-0.25, -0.2) is 4.79 Å². The zero-order chi connectivity index (χ0) is 18.9. The van der Waals surface area contributed by atoms with Gasteiger partial charge in [0, 0.05) is 17.7 Å². The van der Waals surface area contributed by atoms with Crippen LogP contribution in [0.1, 0.15) is 38.2 Å². The van der Waals surface area contributed by atoms with E-state index in [1.165, 1.54) is 12.5 Å². The molecule has 26 heavy (non-hydrogen) atoms. The Balaban J connectivity index is 1.84. The van der Waals surface area contributed by atoms with Crippen LogP contribution < -0.4 is 14.8 Å². The fourth-order valence-electron chi connectivity index (χ4n) is 3.09. The second-order valence-corrected chi connectivity index (χ2v) is 6.48. The molecule has 1 fully saturated rings. The molecule has 0 radical (unpaired) electrons. The van der Waals surface area contributed by atoms with Crippen LogP contribution >= 0.6 is 0 Å². The van der Waals surface area contributed by atoms with Gasteiger partial charge in [-0.2, -0.15) is 0 Å². The molecule has 1 aromatic carbocycles. The Labute approximate surface area is 154 Å². The Hall–Kier alpha value is -2.50. The highest BCUT2D eigenvalue weighted by molar-refractivity contribution is 5.89. The molecule has 0 spiro atoms. The fourth-order valence-corrected chi connectivity index (χ4v) is 3.09. The summed E-state index contributed by atoms with van der Waals surface area (Å²) in [5.41, 5.74) is 0.685. The van der Waals surface area contributed by atoms with Crippen LogP contribution in [0.15, 0.2) is 24.3 Å². The molecule has 1 saturated carbocycles. The molecule has 0 aliphatic heterocycles. The SMILES string of the molecule is COc1ccc(OC)c(/C=C/C(=O)OCC(=O)N[C@H]2CCCC[C@@H]2C)c1. The van der Waals surface area contributed by atoms with Crippen LogP contribution in [0.4, 0.5) is 0 Å². The van der Waals surface area contributed by atoms with E-state index >= 15 is 0 Å². The minimum Gasteiger partial charge on any atom is -0.497 e. The summed E-state index contributed by atoms with van der Waals surface area (Å²) in [6.45, 7) is 1.86. The van der Waals surface area contributed by atoms with E-state index in [0.717, 1.165) is 19.3 Å². The highest BCUT2D eigenvalue weighted by Crippen LogP contribution is 2.25. The normalized spacial score (nSPS) is 19.8. The van der Waals surface area contributed by atoms with Crippen molar-refractivity contribution in [1.29, 1.82) is 0 Å². The Kier molecular flexibility index (Phi) is 7.51. The van der Waals surface area contributed by atoms with E-state index in [9.17, 15) is 9.59 Å². The minimum absolute atomic E-state index is 0.173. The highest BCUT2D eigenvalue weighted by atomic mass is 16.5. The van der Waals surface area contributed by atoms with Crippen LogP contribution in [0, 0.1) is 5.92 Å². The molecule has 1 aliphatic carbocycles. The molecule has 142 valence electrons. The predicted octanol–water partition coefficient (Wildman–Crippen LogP) is 2.96. The average molecular weight is 361 g/mol. The van der Waals surface area contributed by atoms with Crippen molar-refractivity contribution >= 4 is 18.0 Å². The summed E-state index contributed by atoms with van der Waals surface area (Å²) in [5, 5.41) is 2.95. The standard InChI is InChI=1S/C20H27NO5/c1-14-6-4-5-7-17(14)21-19(22)13-26-20(23)11-8-15-12-16(24-2)9-10-18(15)25-3/h8-12,14,17H,4-7,13H2,1-3H3,(H,21,22)/b11-8+/t14-,17-/m0/s1. The number of hydrogen-bond donors (Lipinski definition) is 1. The highest BCUT2D eigenvalue weighted by Gasteiger charge is 2.22. The van der Waals surface area contributed by atoms with Crippen LogP contribution in [0.25, 0.3) is 6.08 Å². The zero-order valence-corrected chi connectivity index (χ0v) is 15.6. The van der Waals surface area contributed by atoms with Gasteiger partial charge >= 0.3 is 5.97 Å². The number of carbonyl (C=O) groups excluding carboxylic acids is 2. The van der Waals surface area contributed by atoms with E-state index < -0.39 is 5.97 Å². The molecule has 6 heteroatoms. The molecule has 6 nitrogen and oxygen atoms in total. The summed E-state index contributed by atoms with van der Waals surface area (Å²) in [6, 6.07) is 5.44. The fraction of sp³-hybridized carbons (Fsp3) is 0.500. The Morgan fingerprint density at radius 2 is 1.96 bits per heavy atom. The van der Waals surface area contributed by atoms with Crippen molar-refractivity contribution < 1.29 is 23.8 Å². The first kappa shape index (κ1) is 19.8. The molecule has 0 heterocycles. The average Bonchev–Trinajstić information content (AvgIpc) is 2.66. The van der Waals surface area contributed by atoms with Gasteiger partial charge in [0.1, 0.15) is 11.5 Å². The van der Waals surface area contributed by atoms with E-state index in [1.807, 2.05) is 0 Å². The number of carbonyl (C=O) groups is 2. The topological polar surface area (TPSA) is 73.9 Å². The lowest BCUT2D eigenvalue weighted by Gasteiger charge is -2.29. The molecule has 0 unspecified atom stereocenters. The summed E-state index contributed by atoms with van der Waals surface area (Å²) < 4.78 is 15.4. The summed E-state index contributed by atoms with van der Waals surface area (Å²) in [5.74, 6) is 0.883. The second-order valence-electron chi connectivity index (χ2n) is 6.48. The number of methoxy groups -OCH3 is 2. The van der Waals surface area contributed by atoms with Crippen molar-refractivity contribution in [3.05, 3.63) is 29.8 Å². The van der Waals surface area contributed by atoms with Gasteiger partial charge in [0.15, 0.2) is 6.61 Å². The monoisotopic (exact) mass is 361 g/mol. The molecule has 1 aliphatic rings. The molecule has 0 bridgehead atoms. The van der Waals surface area contributed by atoms with E-state index in [0.29, 0.717) is 23.0 Å². The summed E-state index contributed by atoms with van der Waals surface area (Å²) in [4.78, 5) is 23.8. The second kappa shape index (κ2) is 9.85. The van der Waals surface area contributed by atoms with Crippen LogP contribution in [0.3, 0.4) is 0 Å². The maximum absolute atomic E-state index is 12.0. The van der Waals surface area contributed by atoms with E-state index in [1.54, 1.807) is 38.5 Å². The third-order valence-electron chi connectivity index (χ3n) is 4.64. The molecule has 0 aromatic heterocycles. The van der Waals surface area contributed by atoms with Gasteiger partial charge in [0.2, 0.25) is 0 Å². The molecular formula is C20H27NO5. The quantitative estimate of drug-likeness (QED) is 0.597. The lowest BCUT2D eigenvalue weighted by Crippen LogP contribution is -2.42. The van der Waals surface area contributed by atoms with Crippen molar-refractivity contribution in [2.24, 2.45) is 5.92 Å². The Morgan fingerprint density at radius 1 is 1.19 bits per heavy atom. The van der Waals surface area contributed by atoms with E-state index in [4.69, 9.17) is 14.2 Å². The first-order valence-electron chi connectivity index (χ1n) is 8.89. The van der Waals surface area contributed by atoms with Crippen molar-refractivity contribution in [2.75, 3.05) is 20.8 Å². The van der Waals surface area contributed by atoms with Crippen molar-refractivity contribution in [3.63, 3.8) is 0 Å². The van der Waals surface area contributed by atoms with E-state index in [-0.39, 0.29) is 18.6 Å². The largest absolute Gasteiger partial charge is 0.497 e. The van der Waals surface area contributed by atoms with Gasteiger partial charge in [0.05, 0.1) is 14.2 Å². The first-order valence-corrected chi connectivity index (χ1v) is 8.89. The van der Waals surface area contributed by atoms with Crippen molar-refractivity contribution in [2.45, 2.75) is 38.6 Å². The number of rotatable bonds is 7. The maximum atomic E-state index is 12.0. The number of nitrogens with one attached hydrogen (secondary N) is 1. The lowest BCUT2D eigenvalue weighted by molar-refractivity contribution is -0.144. The summed E-state index contributed by atoms with van der Waals surface area (Å²) in [6.07, 6.45) is 7.28. The number of benzene rings is 1. The van der Waals surface area contributed by atoms with Gasteiger partial charge in [-0.1, -0.05) is 19.8 Å². The maximum Gasteiger partial charge on any atom is 0.331 e. The summed E-state index contributed by atoms with van der Waals surface area (Å²) in [7, 11) is 3.11. The van der Waals surface area contributed by atoms with Crippen LogP contribution in [-0.2, 0) is 14.3 Å². The number of ether oxygens (including phenoxy) is 3. The molecule has 2 atom stereocenters. The Morgan fingerprint density at radius 3 is 2.65 bits per heavy atom. The number of hydrogen-bond acceptors (Lipinski definition) is 5. The molecular weight excluding hydrogens is 334 g/mol. The van der Waals surface area contributed by atoms with Crippen LogP contribution in [0.2, 0.25) is 0 Å². The van der Waals surface area contributed by atoms with Crippen molar-refractivity contribution in [1.82, 2.24) is 5.32 Å². The lowest BCUT2D eigenvalue weighted by atomic mass is 9.86. The van der Waals surface area contributed by atoms with Gasteiger partial charge < -0.3 is 19.5 Å². The van der Waals surface area contributed by atoms with Gasteiger partial charge in [-0.15, -0.1) is 0 Å². The minimum atomic E-state index is -0.582. The van der Waals surface area contributed by atoms with Crippen LogP contribution in [0.5, 0.6) is 11.5 Å². The summed E-state index contributed by atoms with van der Waals surface area (Å²) >= 11 is 0. The zero-order valence-electron chi connectivity index (χ0n) is 15.6. The van der Waals surface area contributed by atoms with Gasteiger partial charge in [-0.3, -0.25) is 4.79 Å². The number of esters is 1. The van der Waals surface area contributed by atoms with E-state index in [2.05, 4.69) is 12.2 Å². The third-order valence-corrected chi connectivity index (χ3v) is 4.64. The predicted molar refractivity (Wildman–Crippen MR) is 99.1 cm³/mol. The molecule has 0 saturated heterocycles. The van der Waals surface area contributed by atoms with Crippen molar-refractivity contribution in [3.8, 4) is 11.5 Å².